The smallest absolute Gasteiger partial charge is 0.0661 e. The van der Waals surface area contributed by atoms with E-state index in [9.17, 15) is 0 Å². The van der Waals surface area contributed by atoms with Gasteiger partial charge in [0.2, 0.25) is 0 Å². The molecule has 0 atom stereocenters. The molecule has 1 nitrogen and oxygen atoms in total. The van der Waals surface area contributed by atoms with Crippen LogP contribution < -0.4 is 0 Å². The number of benzene rings is 1. The molecular formula is C12H14ClN. The highest BCUT2D eigenvalue weighted by Gasteiger charge is 2.06. The van der Waals surface area contributed by atoms with Crippen molar-refractivity contribution < 1.29 is 0 Å². The number of halogens is 1. The molecule has 2 aromatic rings. The number of hydrogen-bond acceptors (Lipinski definition) is 0. The van der Waals surface area contributed by atoms with Crippen molar-refractivity contribution in [2.75, 3.05) is 0 Å². The van der Waals surface area contributed by atoms with Crippen molar-refractivity contribution >= 4 is 22.5 Å². The summed E-state index contributed by atoms with van der Waals surface area (Å²) < 4.78 is 2.07. The Bertz CT molecular complexity index is 468. The molecule has 1 heterocycles. The maximum absolute atomic E-state index is 6.09. The Labute approximate surface area is 89.3 Å². The molecular weight excluding hydrogens is 194 g/mol. The molecule has 0 bridgehead atoms. The Hall–Kier alpha value is -0.950. The van der Waals surface area contributed by atoms with Gasteiger partial charge in [0, 0.05) is 24.1 Å². The summed E-state index contributed by atoms with van der Waals surface area (Å²) in [6.45, 7) is 4.40. The molecule has 2 heteroatoms. The first kappa shape index (κ1) is 9.60. The summed E-state index contributed by atoms with van der Waals surface area (Å²) in [4.78, 5) is 0. The maximum Gasteiger partial charge on any atom is 0.0661 e. The van der Waals surface area contributed by atoms with Gasteiger partial charge >= 0.3 is 0 Å². The third kappa shape index (κ3) is 1.42. The van der Waals surface area contributed by atoms with E-state index in [-0.39, 0.29) is 0 Å². The topological polar surface area (TPSA) is 4.93 Å². The van der Waals surface area contributed by atoms with Crippen LogP contribution in [0.1, 0.15) is 25.3 Å². The Kier molecular flexibility index (Phi) is 2.28. The molecule has 0 radical (unpaired) electrons. The molecule has 1 aromatic heterocycles. The van der Waals surface area contributed by atoms with E-state index < -0.39 is 0 Å². The molecule has 0 saturated heterocycles. The fourth-order valence-corrected chi connectivity index (χ4v) is 2.02. The second-order valence-corrected chi connectivity index (χ2v) is 4.43. The average Bonchev–Trinajstić information content (AvgIpc) is 2.42. The number of fused-ring (bicyclic) bond motifs is 1. The first-order valence-electron chi connectivity index (χ1n) is 4.84. The summed E-state index contributed by atoms with van der Waals surface area (Å²) in [5, 5.41) is 1.97. The van der Waals surface area contributed by atoms with Gasteiger partial charge in [0.1, 0.15) is 0 Å². The predicted molar refractivity (Wildman–Crippen MR) is 62.0 cm³/mol. The number of hydrogen-bond donors (Lipinski definition) is 0. The van der Waals surface area contributed by atoms with Crippen LogP contribution in [0.4, 0.5) is 0 Å². The predicted octanol–water partition coefficient (Wildman–Crippen LogP) is 3.96. The summed E-state index contributed by atoms with van der Waals surface area (Å²) in [7, 11) is 2.03. The lowest BCUT2D eigenvalue weighted by atomic mass is 10.0. The van der Waals surface area contributed by atoms with Crippen molar-refractivity contribution in [3.63, 3.8) is 0 Å². The zero-order valence-corrected chi connectivity index (χ0v) is 9.47. The number of aryl methyl sites for hydroxylation is 1. The lowest BCUT2D eigenvalue weighted by Crippen LogP contribution is -1.89. The van der Waals surface area contributed by atoms with Crippen molar-refractivity contribution in [3.05, 3.63) is 35.0 Å². The Morgan fingerprint density at radius 2 is 2.00 bits per heavy atom. The van der Waals surface area contributed by atoms with Crippen LogP contribution >= 0.6 is 11.6 Å². The van der Waals surface area contributed by atoms with Crippen molar-refractivity contribution in [3.8, 4) is 0 Å². The van der Waals surface area contributed by atoms with E-state index in [0.717, 1.165) is 10.4 Å². The van der Waals surface area contributed by atoms with Crippen LogP contribution in [0, 0.1) is 0 Å². The SMILES string of the molecule is CC(C)c1ccc2c(Cl)cn(C)c2c1. The minimum Gasteiger partial charge on any atom is -0.349 e. The average molecular weight is 208 g/mol. The summed E-state index contributed by atoms with van der Waals surface area (Å²) >= 11 is 6.09. The standard InChI is InChI=1S/C12H14ClN/c1-8(2)9-4-5-10-11(13)7-14(3)12(10)6-9/h4-8H,1-3H3. The van der Waals surface area contributed by atoms with Crippen molar-refractivity contribution in [2.24, 2.45) is 7.05 Å². The van der Waals surface area contributed by atoms with E-state index in [1.165, 1.54) is 11.1 Å². The minimum atomic E-state index is 0.563. The summed E-state index contributed by atoms with van der Waals surface area (Å²) in [5.74, 6) is 0.563. The van der Waals surface area contributed by atoms with E-state index in [2.05, 4.69) is 36.6 Å². The van der Waals surface area contributed by atoms with Gasteiger partial charge in [-0.3, -0.25) is 0 Å². The Morgan fingerprint density at radius 1 is 1.29 bits per heavy atom. The van der Waals surface area contributed by atoms with Crippen LogP contribution in [0.2, 0.25) is 5.02 Å². The molecule has 74 valence electrons. The molecule has 0 fully saturated rings. The van der Waals surface area contributed by atoms with E-state index in [4.69, 9.17) is 11.6 Å². The molecule has 0 amide bonds. The monoisotopic (exact) mass is 207 g/mol. The van der Waals surface area contributed by atoms with Gasteiger partial charge in [0.05, 0.1) is 5.02 Å². The third-order valence-electron chi connectivity index (χ3n) is 2.63. The van der Waals surface area contributed by atoms with Gasteiger partial charge < -0.3 is 4.57 Å². The Balaban J connectivity index is 2.71. The second-order valence-electron chi connectivity index (χ2n) is 4.02. The van der Waals surface area contributed by atoms with Gasteiger partial charge in [0.25, 0.3) is 0 Å². The first-order valence-corrected chi connectivity index (χ1v) is 5.22. The van der Waals surface area contributed by atoms with E-state index >= 15 is 0 Å². The first-order chi connectivity index (χ1) is 6.59. The van der Waals surface area contributed by atoms with E-state index in [0.29, 0.717) is 5.92 Å². The van der Waals surface area contributed by atoms with Crippen LogP contribution in [0.25, 0.3) is 10.9 Å². The molecule has 0 aliphatic rings. The molecule has 2 rings (SSSR count). The quantitative estimate of drug-likeness (QED) is 0.667. The number of rotatable bonds is 1. The van der Waals surface area contributed by atoms with Crippen molar-refractivity contribution in [1.82, 2.24) is 4.57 Å². The van der Waals surface area contributed by atoms with Crippen LogP contribution in [-0.4, -0.2) is 4.57 Å². The lowest BCUT2D eigenvalue weighted by molar-refractivity contribution is 0.865. The number of aromatic nitrogens is 1. The fraction of sp³-hybridized carbons (Fsp3) is 0.333. The van der Waals surface area contributed by atoms with Crippen molar-refractivity contribution in [2.45, 2.75) is 19.8 Å². The minimum absolute atomic E-state index is 0.563. The van der Waals surface area contributed by atoms with Gasteiger partial charge in [-0.15, -0.1) is 0 Å². The zero-order valence-electron chi connectivity index (χ0n) is 8.71. The van der Waals surface area contributed by atoms with Crippen LogP contribution in [0.3, 0.4) is 0 Å². The maximum atomic E-state index is 6.09. The highest BCUT2D eigenvalue weighted by Crippen LogP contribution is 2.27. The van der Waals surface area contributed by atoms with Gasteiger partial charge in [0.15, 0.2) is 0 Å². The van der Waals surface area contributed by atoms with Gasteiger partial charge in [-0.1, -0.05) is 37.6 Å². The lowest BCUT2D eigenvalue weighted by Gasteiger charge is -2.05. The Morgan fingerprint density at radius 3 is 2.64 bits per heavy atom. The highest BCUT2D eigenvalue weighted by atomic mass is 35.5. The zero-order chi connectivity index (χ0) is 10.3. The van der Waals surface area contributed by atoms with Gasteiger partial charge in [-0.05, 0) is 17.5 Å². The molecule has 14 heavy (non-hydrogen) atoms. The molecule has 0 aliphatic carbocycles. The van der Waals surface area contributed by atoms with E-state index in [1.807, 2.05) is 13.2 Å². The molecule has 0 aliphatic heterocycles. The van der Waals surface area contributed by atoms with Gasteiger partial charge in [-0.2, -0.15) is 0 Å². The molecule has 0 saturated carbocycles. The van der Waals surface area contributed by atoms with Crippen LogP contribution in [0.15, 0.2) is 24.4 Å². The van der Waals surface area contributed by atoms with Crippen LogP contribution in [-0.2, 0) is 7.05 Å². The largest absolute Gasteiger partial charge is 0.349 e. The summed E-state index contributed by atoms with van der Waals surface area (Å²) in [6.07, 6.45) is 1.95. The van der Waals surface area contributed by atoms with Crippen molar-refractivity contribution in [1.29, 1.82) is 0 Å². The second kappa shape index (κ2) is 3.32. The summed E-state index contributed by atoms with van der Waals surface area (Å²) in [6, 6.07) is 6.47. The third-order valence-corrected chi connectivity index (χ3v) is 2.93. The molecule has 0 spiro atoms. The molecule has 0 N–H and O–H groups in total. The summed E-state index contributed by atoms with van der Waals surface area (Å²) in [5.41, 5.74) is 2.57. The van der Waals surface area contributed by atoms with Gasteiger partial charge in [-0.25, -0.2) is 0 Å². The van der Waals surface area contributed by atoms with E-state index in [1.54, 1.807) is 0 Å². The number of nitrogens with zero attached hydrogens (tertiary/aromatic N) is 1. The van der Waals surface area contributed by atoms with Crippen LogP contribution in [0.5, 0.6) is 0 Å². The molecule has 1 aromatic carbocycles. The normalized spacial score (nSPS) is 11.5. The fourth-order valence-electron chi connectivity index (χ4n) is 1.71. The molecule has 0 unspecified atom stereocenters. The highest BCUT2D eigenvalue weighted by molar-refractivity contribution is 6.35.